The maximum atomic E-state index is 13.8. The van der Waals surface area contributed by atoms with Crippen LogP contribution in [0.4, 0.5) is 16.0 Å². The highest BCUT2D eigenvalue weighted by molar-refractivity contribution is 5.58. The first kappa shape index (κ1) is 15.4. The maximum absolute atomic E-state index is 13.8. The fraction of sp³-hybridized carbons (Fsp3) is 0.312. The first-order chi connectivity index (χ1) is 12.2. The van der Waals surface area contributed by atoms with Crippen LogP contribution in [0.15, 0.2) is 37.3 Å². The Kier molecular flexibility index (Phi) is 3.96. The van der Waals surface area contributed by atoms with Crippen molar-refractivity contribution in [2.45, 2.75) is 0 Å². The average molecular weight is 340 g/mol. The van der Waals surface area contributed by atoms with Crippen molar-refractivity contribution in [1.29, 1.82) is 0 Å². The fourth-order valence-electron chi connectivity index (χ4n) is 2.89. The van der Waals surface area contributed by atoms with E-state index in [2.05, 4.69) is 29.9 Å². The second kappa shape index (κ2) is 6.42. The molecule has 3 aromatic rings. The lowest BCUT2D eigenvalue weighted by Crippen LogP contribution is -2.47. The van der Waals surface area contributed by atoms with Crippen LogP contribution in [-0.4, -0.2) is 55.9 Å². The molecule has 4 heterocycles. The maximum Gasteiger partial charge on any atom is 0.183 e. The van der Waals surface area contributed by atoms with Gasteiger partial charge in [0.15, 0.2) is 11.6 Å². The van der Waals surface area contributed by atoms with Gasteiger partial charge in [-0.3, -0.25) is 9.67 Å². The van der Waals surface area contributed by atoms with Gasteiger partial charge in [0.05, 0.1) is 30.5 Å². The molecular weight excluding hydrogens is 323 g/mol. The van der Waals surface area contributed by atoms with Gasteiger partial charge in [-0.15, -0.1) is 0 Å². The third-order valence-corrected chi connectivity index (χ3v) is 4.17. The Labute approximate surface area is 144 Å². The van der Waals surface area contributed by atoms with Crippen LogP contribution < -0.4 is 9.80 Å². The molecule has 0 spiro atoms. The van der Waals surface area contributed by atoms with Gasteiger partial charge >= 0.3 is 0 Å². The summed E-state index contributed by atoms with van der Waals surface area (Å²) in [6, 6.07) is 0. The van der Waals surface area contributed by atoms with Gasteiger partial charge in [0, 0.05) is 45.0 Å². The van der Waals surface area contributed by atoms with E-state index in [1.165, 1.54) is 12.5 Å². The van der Waals surface area contributed by atoms with Crippen molar-refractivity contribution >= 4 is 11.6 Å². The molecular formula is C16H17FN8. The molecule has 1 aliphatic rings. The number of rotatable bonds is 3. The molecule has 1 aliphatic heterocycles. The standard InChI is InChI=1S/C16H17FN8/c1-23-10-12(6-21-23)14-8-18-9-15(22-14)24-2-4-25(5-3-24)16-13(17)7-19-11-20-16/h6-11H,2-5H2,1H3. The van der Waals surface area contributed by atoms with Crippen LogP contribution in [0, 0.1) is 5.82 Å². The number of anilines is 2. The van der Waals surface area contributed by atoms with E-state index >= 15 is 0 Å². The molecule has 0 unspecified atom stereocenters. The second-order valence-corrected chi connectivity index (χ2v) is 5.83. The normalized spacial score (nSPS) is 14.8. The predicted octanol–water partition coefficient (Wildman–Crippen LogP) is 1.13. The molecule has 1 saturated heterocycles. The Morgan fingerprint density at radius 3 is 2.48 bits per heavy atom. The first-order valence-corrected chi connectivity index (χ1v) is 7.97. The lowest BCUT2D eigenvalue weighted by Gasteiger charge is -2.35. The fourth-order valence-corrected chi connectivity index (χ4v) is 2.89. The second-order valence-electron chi connectivity index (χ2n) is 5.83. The van der Waals surface area contributed by atoms with E-state index in [0.29, 0.717) is 32.0 Å². The highest BCUT2D eigenvalue weighted by Crippen LogP contribution is 2.21. The van der Waals surface area contributed by atoms with E-state index in [1.54, 1.807) is 23.3 Å². The van der Waals surface area contributed by atoms with Crippen LogP contribution in [0.2, 0.25) is 0 Å². The smallest absolute Gasteiger partial charge is 0.183 e. The number of hydrogen-bond acceptors (Lipinski definition) is 7. The summed E-state index contributed by atoms with van der Waals surface area (Å²) in [4.78, 5) is 20.8. The number of aryl methyl sites for hydroxylation is 1. The lowest BCUT2D eigenvalue weighted by atomic mass is 10.2. The van der Waals surface area contributed by atoms with Gasteiger partial charge in [0.1, 0.15) is 12.1 Å². The van der Waals surface area contributed by atoms with E-state index in [1.807, 2.05) is 18.1 Å². The van der Waals surface area contributed by atoms with E-state index in [0.717, 1.165) is 17.1 Å². The minimum absolute atomic E-state index is 0.352. The number of halogens is 1. The van der Waals surface area contributed by atoms with E-state index in [4.69, 9.17) is 0 Å². The first-order valence-electron chi connectivity index (χ1n) is 7.97. The predicted molar refractivity (Wildman–Crippen MR) is 90.7 cm³/mol. The Morgan fingerprint density at radius 2 is 1.76 bits per heavy atom. The van der Waals surface area contributed by atoms with Gasteiger partial charge < -0.3 is 9.80 Å². The van der Waals surface area contributed by atoms with E-state index in [-0.39, 0.29) is 0 Å². The van der Waals surface area contributed by atoms with Gasteiger partial charge in [-0.25, -0.2) is 19.3 Å². The Morgan fingerprint density at radius 1 is 0.960 bits per heavy atom. The molecule has 0 saturated carbocycles. The lowest BCUT2D eigenvalue weighted by molar-refractivity contribution is 0.581. The molecule has 0 aromatic carbocycles. The average Bonchev–Trinajstić information content (AvgIpc) is 3.09. The topological polar surface area (TPSA) is 75.9 Å². The quantitative estimate of drug-likeness (QED) is 0.707. The number of aromatic nitrogens is 6. The zero-order chi connectivity index (χ0) is 17.2. The summed E-state index contributed by atoms with van der Waals surface area (Å²) in [5, 5.41) is 4.17. The van der Waals surface area contributed by atoms with Gasteiger partial charge in [0.2, 0.25) is 0 Å². The van der Waals surface area contributed by atoms with Crippen molar-refractivity contribution in [3.63, 3.8) is 0 Å². The van der Waals surface area contributed by atoms with Crippen molar-refractivity contribution in [3.8, 4) is 11.3 Å². The zero-order valence-electron chi connectivity index (χ0n) is 13.7. The van der Waals surface area contributed by atoms with Crippen LogP contribution in [-0.2, 0) is 7.05 Å². The van der Waals surface area contributed by atoms with Gasteiger partial charge in [-0.1, -0.05) is 0 Å². The molecule has 3 aromatic heterocycles. The van der Waals surface area contributed by atoms with E-state index in [9.17, 15) is 4.39 Å². The van der Waals surface area contributed by atoms with Crippen molar-refractivity contribution in [1.82, 2.24) is 29.7 Å². The summed E-state index contributed by atoms with van der Waals surface area (Å²) in [6.45, 7) is 2.75. The van der Waals surface area contributed by atoms with Gasteiger partial charge in [-0.2, -0.15) is 5.10 Å². The molecule has 0 bridgehead atoms. The molecule has 4 rings (SSSR count). The minimum atomic E-state index is -0.394. The summed E-state index contributed by atoms with van der Waals surface area (Å²) in [7, 11) is 1.87. The van der Waals surface area contributed by atoms with Crippen LogP contribution >= 0.6 is 0 Å². The number of nitrogens with zero attached hydrogens (tertiary/aromatic N) is 8. The third-order valence-electron chi connectivity index (χ3n) is 4.17. The molecule has 0 N–H and O–H groups in total. The molecule has 0 radical (unpaired) electrons. The molecule has 25 heavy (non-hydrogen) atoms. The highest BCUT2D eigenvalue weighted by atomic mass is 19.1. The largest absolute Gasteiger partial charge is 0.352 e. The molecule has 128 valence electrons. The highest BCUT2D eigenvalue weighted by Gasteiger charge is 2.21. The molecule has 1 fully saturated rings. The zero-order valence-corrected chi connectivity index (χ0v) is 13.7. The van der Waals surface area contributed by atoms with E-state index < -0.39 is 5.82 Å². The van der Waals surface area contributed by atoms with Crippen LogP contribution in [0.1, 0.15) is 0 Å². The van der Waals surface area contributed by atoms with Crippen LogP contribution in [0.5, 0.6) is 0 Å². The van der Waals surface area contributed by atoms with Gasteiger partial charge in [-0.05, 0) is 0 Å². The molecule has 0 amide bonds. The van der Waals surface area contributed by atoms with Crippen molar-refractivity contribution < 1.29 is 4.39 Å². The monoisotopic (exact) mass is 340 g/mol. The Balaban J connectivity index is 1.49. The minimum Gasteiger partial charge on any atom is -0.352 e. The van der Waals surface area contributed by atoms with Crippen molar-refractivity contribution in [3.05, 3.63) is 43.1 Å². The summed E-state index contributed by atoms with van der Waals surface area (Å²) in [5.41, 5.74) is 1.72. The SMILES string of the molecule is Cn1cc(-c2cncc(N3CCN(c4ncncc4F)CC3)n2)cn1. The summed E-state index contributed by atoms with van der Waals surface area (Å²) < 4.78 is 15.6. The van der Waals surface area contributed by atoms with Gasteiger partial charge in [0.25, 0.3) is 0 Å². The number of hydrogen-bond donors (Lipinski definition) is 0. The molecule has 0 atom stereocenters. The number of piperazine rings is 1. The van der Waals surface area contributed by atoms with Crippen molar-refractivity contribution in [2.75, 3.05) is 36.0 Å². The summed E-state index contributed by atoms with van der Waals surface area (Å²) >= 11 is 0. The molecule has 0 aliphatic carbocycles. The van der Waals surface area contributed by atoms with Crippen LogP contribution in [0.25, 0.3) is 11.3 Å². The Hall–Kier alpha value is -3.10. The summed E-state index contributed by atoms with van der Waals surface area (Å²) in [6.07, 6.45) is 9.71. The molecule has 8 nitrogen and oxygen atoms in total. The Bertz CT molecular complexity index is 872. The van der Waals surface area contributed by atoms with Crippen LogP contribution in [0.3, 0.4) is 0 Å². The third kappa shape index (κ3) is 3.12. The molecule has 9 heteroatoms. The van der Waals surface area contributed by atoms with Crippen molar-refractivity contribution in [2.24, 2.45) is 7.05 Å². The summed E-state index contributed by atoms with van der Waals surface area (Å²) in [5.74, 6) is 0.767.